The molecule has 18 heavy (non-hydrogen) atoms. The summed E-state index contributed by atoms with van der Waals surface area (Å²) in [4.78, 5) is 28.3. The number of hydrogen-bond donors (Lipinski definition) is 1. The summed E-state index contributed by atoms with van der Waals surface area (Å²) >= 11 is 1.43. The molecule has 0 aliphatic carbocycles. The maximum atomic E-state index is 10.9. The van der Waals surface area contributed by atoms with Crippen LogP contribution in [0.1, 0.15) is 25.5 Å². The SMILES string of the molecule is CC(=O)Nc1nc(CN2CCCC(C=O)C2)cs1. The number of likely N-dealkylation sites (tertiary alicyclic amines) is 1. The number of carbonyl (C=O) groups is 2. The molecule has 0 saturated carbocycles. The van der Waals surface area contributed by atoms with E-state index in [1.807, 2.05) is 5.38 Å². The van der Waals surface area contributed by atoms with Gasteiger partial charge in [-0.1, -0.05) is 0 Å². The standard InChI is InChI=1S/C12H17N3O2S/c1-9(17)13-12-14-11(8-18-12)6-15-4-2-3-10(5-15)7-16/h7-8,10H,2-6H2,1H3,(H,13,14,17). The Morgan fingerprint density at radius 3 is 3.28 bits per heavy atom. The summed E-state index contributed by atoms with van der Waals surface area (Å²) in [6.45, 7) is 4.05. The quantitative estimate of drug-likeness (QED) is 0.840. The first kappa shape index (κ1) is 13.2. The molecule has 1 atom stereocenters. The second-order valence-corrected chi connectivity index (χ2v) is 5.46. The molecule has 1 saturated heterocycles. The molecule has 0 bridgehead atoms. The van der Waals surface area contributed by atoms with Gasteiger partial charge in [0.15, 0.2) is 5.13 Å². The number of nitrogens with one attached hydrogen (secondary N) is 1. The van der Waals surface area contributed by atoms with Gasteiger partial charge in [0.1, 0.15) is 6.29 Å². The molecule has 1 amide bonds. The van der Waals surface area contributed by atoms with Crippen LogP contribution in [0.2, 0.25) is 0 Å². The summed E-state index contributed by atoms with van der Waals surface area (Å²) in [6.07, 6.45) is 3.11. The number of aromatic nitrogens is 1. The van der Waals surface area contributed by atoms with Crippen molar-refractivity contribution < 1.29 is 9.59 Å². The van der Waals surface area contributed by atoms with Crippen LogP contribution in [0.3, 0.4) is 0 Å². The minimum Gasteiger partial charge on any atom is -0.303 e. The van der Waals surface area contributed by atoms with Gasteiger partial charge in [0.05, 0.1) is 5.69 Å². The predicted molar refractivity (Wildman–Crippen MR) is 70.5 cm³/mol. The van der Waals surface area contributed by atoms with Crippen molar-refractivity contribution in [2.24, 2.45) is 5.92 Å². The number of hydrogen-bond acceptors (Lipinski definition) is 5. The Morgan fingerprint density at radius 1 is 1.72 bits per heavy atom. The molecule has 2 heterocycles. The van der Waals surface area contributed by atoms with Crippen molar-refractivity contribution in [2.45, 2.75) is 26.3 Å². The topological polar surface area (TPSA) is 62.3 Å². The first-order chi connectivity index (χ1) is 8.67. The van der Waals surface area contributed by atoms with Gasteiger partial charge in [-0.2, -0.15) is 0 Å². The van der Waals surface area contributed by atoms with E-state index in [1.54, 1.807) is 0 Å². The molecular formula is C12H17N3O2S. The molecule has 1 aliphatic heterocycles. The van der Waals surface area contributed by atoms with Gasteiger partial charge in [-0.3, -0.25) is 9.69 Å². The minimum absolute atomic E-state index is 0.102. The van der Waals surface area contributed by atoms with Gasteiger partial charge < -0.3 is 10.1 Å². The van der Waals surface area contributed by atoms with Gasteiger partial charge >= 0.3 is 0 Å². The molecule has 6 heteroatoms. The summed E-state index contributed by atoms with van der Waals surface area (Å²) in [5.74, 6) is 0.0575. The monoisotopic (exact) mass is 267 g/mol. The van der Waals surface area contributed by atoms with Crippen LogP contribution in [-0.4, -0.2) is 35.2 Å². The van der Waals surface area contributed by atoms with Gasteiger partial charge in [0.25, 0.3) is 0 Å². The Labute approximate surface area is 110 Å². The zero-order valence-electron chi connectivity index (χ0n) is 10.4. The molecule has 0 radical (unpaired) electrons. The summed E-state index contributed by atoms with van der Waals surface area (Å²) in [6, 6.07) is 0. The van der Waals surface area contributed by atoms with Crippen molar-refractivity contribution >= 4 is 28.7 Å². The third kappa shape index (κ3) is 3.61. The van der Waals surface area contributed by atoms with Crippen molar-refractivity contribution in [3.8, 4) is 0 Å². The van der Waals surface area contributed by atoms with Crippen molar-refractivity contribution in [3.63, 3.8) is 0 Å². The molecule has 5 nitrogen and oxygen atoms in total. The zero-order valence-corrected chi connectivity index (χ0v) is 11.2. The largest absolute Gasteiger partial charge is 0.303 e. The van der Waals surface area contributed by atoms with Crippen LogP contribution in [0.25, 0.3) is 0 Å². The lowest BCUT2D eigenvalue weighted by atomic mass is 10.00. The number of anilines is 1. The second kappa shape index (κ2) is 6.06. The van der Waals surface area contributed by atoms with Crippen molar-refractivity contribution in [3.05, 3.63) is 11.1 Å². The summed E-state index contributed by atoms with van der Waals surface area (Å²) in [7, 11) is 0. The Bertz CT molecular complexity index is 433. The number of aldehydes is 1. The second-order valence-electron chi connectivity index (χ2n) is 4.60. The van der Waals surface area contributed by atoms with Crippen LogP contribution in [0, 0.1) is 5.92 Å². The fourth-order valence-electron chi connectivity index (χ4n) is 2.16. The van der Waals surface area contributed by atoms with E-state index in [0.717, 1.165) is 44.5 Å². The van der Waals surface area contributed by atoms with Gasteiger partial charge in [-0.25, -0.2) is 4.98 Å². The summed E-state index contributed by atoms with van der Waals surface area (Å²) in [5, 5.41) is 5.27. The maximum absolute atomic E-state index is 10.9. The lowest BCUT2D eigenvalue weighted by Crippen LogP contribution is -2.35. The van der Waals surface area contributed by atoms with E-state index in [4.69, 9.17) is 0 Å². The van der Waals surface area contributed by atoms with Crippen LogP contribution >= 0.6 is 11.3 Å². The molecule has 1 unspecified atom stereocenters. The van der Waals surface area contributed by atoms with E-state index in [0.29, 0.717) is 5.13 Å². The van der Waals surface area contributed by atoms with Gasteiger partial charge in [0.2, 0.25) is 5.91 Å². The lowest BCUT2D eigenvalue weighted by Gasteiger charge is -2.29. The highest BCUT2D eigenvalue weighted by Gasteiger charge is 2.19. The maximum Gasteiger partial charge on any atom is 0.223 e. The number of thiazole rings is 1. The number of nitrogens with zero attached hydrogens (tertiary/aromatic N) is 2. The molecule has 1 N–H and O–H groups in total. The minimum atomic E-state index is -0.102. The van der Waals surface area contributed by atoms with Crippen molar-refractivity contribution in [2.75, 3.05) is 18.4 Å². The molecule has 0 spiro atoms. The molecule has 98 valence electrons. The van der Waals surface area contributed by atoms with Gasteiger partial charge in [-0.15, -0.1) is 11.3 Å². The third-order valence-electron chi connectivity index (χ3n) is 2.95. The number of amides is 1. The number of carbonyl (C=O) groups excluding carboxylic acids is 2. The summed E-state index contributed by atoms with van der Waals surface area (Å²) in [5.41, 5.74) is 0.954. The molecule has 1 fully saturated rings. The molecule has 1 aromatic heterocycles. The van der Waals surface area contributed by atoms with Crippen LogP contribution in [0.5, 0.6) is 0 Å². The van der Waals surface area contributed by atoms with E-state index >= 15 is 0 Å². The van der Waals surface area contributed by atoms with Gasteiger partial charge in [-0.05, 0) is 19.4 Å². The van der Waals surface area contributed by atoms with Crippen LogP contribution in [-0.2, 0) is 16.1 Å². The zero-order chi connectivity index (χ0) is 13.0. The third-order valence-corrected chi connectivity index (χ3v) is 3.76. The average molecular weight is 267 g/mol. The average Bonchev–Trinajstić information content (AvgIpc) is 2.76. The van der Waals surface area contributed by atoms with Crippen LogP contribution in [0.15, 0.2) is 5.38 Å². The highest BCUT2D eigenvalue weighted by Crippen LogP contribution is 2.20. The molecule has 2 rings (SSSR count). The lowest BCUT2D eigenvalue weighted by molar-refractivity contribution is -0.114. The van der Waals surface area contributed by atoms with Crippen LogP contribution in [0.4, 0.5) is 5.13 Å². The fourth-order valence-corrected chi connectivity index (χ4v) is 2.91. The van der Waals surface area contributed by atoms with Gasteiger partial charge in [0, 0.05) is 31.3 Å². The first-order valence-corrected chi connectivity index (χ1v) is 6.95. The Morgan fingerprint density at radius 2 is 2.56 bits per heavy atom. The Balaban J connectivity index is 1.90. The predicted octanol–water partition coefficient (Wildman–Crippen LogP) is 1.51. The van der Waals surface area contributed by atoms with Crippen LogP contribution < -0.4 is 5.32 Å². The smallest absolute Gasteiger partial charge is 0.223 e. The molecule has 0 aromatic carbocycles. The molecular weight excluding hydrogens is 250 g/mol. The fraction of sp³-hybridized carbons (Fsp3) is 0.583. The Hall–Kier alpha value is -1.27. The van der Waals surface area contributed by atoms with E-state index in [2.05, 4.69) is 15.2 Å². The van der Waals surface area contributed by atoms with E-state index < -0.39 is 0 Å². The normalized spacial score (nSPS) is 20.6. The van der Waals surface area contributed by atoms with Crippen molar-refractivity contribution in [1.29, 1.82) is 0 Å². The molecule has 1 aromatic rings. The van der Waals surface area contributed by atoms with Crippen molar-refractivity contribution in [1.82, 2.24) is 9.88 Å². The highest BCUT2D eigenvalue weighted by molar-refractivity contribution is 7.13. The van der Waals surface area contributed by atoms with E-state index in [-0.39, 0.29) is 11.8 Å². The summed E-state index contributed by atoms with van der Waals surface area (Å²) < 4.78 is 0. The number of piperidine rings is 1. The van der Waals surface area contributed by atoms with E-state index in [9.17, 15) is 9.59 Å². The first-order valence-electron chi connectivity index (χ1n) is 6.07. The number of rotatable bonds is 4. The van der Waals surface area contributed by atoms with E-state index in [1.165, 1.54) is 18.3 Å². The Kier molecular flexibility index (Phi) is 4.43. The molecule has 1 aliphatic rings. The highest BCUT2D eigenvalue weighted by atomic mass is 32.1.